The summed E-state index contributed by atoms with van der Waals surface area (Å²) in [6.07, 6.45) is 3.57. The third kappa shape index (κ3) is 4.03. The molecule has 0 bridgehead atoms. The first-order valence-corrected chi connectivity index (χ1v) is 9.27. The third-order valence-electron chi connectivity index (χ3n) is 4.80. The number of nitrogens with one attached hydrogen (secondary N) is 1. The minimum atomic E-state index is -0.444. The first-order valence-electron chi connectivity index (χ1n) is 9.27. The van der Waals surface area contributed by atoms with Crippen LogP contribution in [0.3, 0.4) is 0 Å². The minimum absolute atomic E-state index is 0.00746. The van der Waals surface area contributed by atoms with Crippen LogP contribution < -0.4 is 5.32 Å². The van der Waals surface area contributed by atoms with E-state index in [1.807, 2.05) is 31.6 Å². The molecule has 0 saturated carbocycles. The molecule has 0 spiro atoms. The molecule has 1 unspecified atom stereocenters. The van der Waals surface area contributed by atoms with Gasteiger partial charge in [-0.3, -0.25) is 24.3 Å². The van der Waals surface area contributed by atoms with E-state index in [0.29, 0.717) is 11.4 Å². The quantitative estimate of drug-likeness (QED) is 0.478. The van der Waals surface area contributed by atoms with Crippen LogP contribution in [0.5, 0.6) is 0 Å². The number of rotatable bonds is 7. The summed E-state index contributed by atoms with van der Waals surface area (Å²) in [5.74, 6) is -0.306. The second-order valence-electron chi connectivity index (χ2n) is 6.88. The maximum Gasteiger partial charge on any atom is 0.312 e. The Morgan fingerprint density at radius 2 is 1.93 bits per heavy atom. The molecule has 0 radical (unpaired) electrons. The molecule has 0 aliphatic rings. The molecule has 1 atom stereocenters. The zero-order valence-electron chi connectivity index (χ0n) is 17.1. The van der Waals surface area contributed by atoms with Gasteiger partial charge in [0.2, 0.25) is 0 Å². The molecule has 0 saturated heterocycles. The average molecular weight is 400 g/mol. The predicted octanol–water partition coefficient (Wildman–Crippen LogP) is 2.13. The van der Waals surface area contributed by atoms with E-state index in [1.165, 1.54) is 9.36 Å². The summed E-state index contributed by atoms with van der Waals surface area (Å²) in [6, 6.07) is 1.39. The van der Waals surface area contributed by atoms with Gasteiger partial charge in [-0.2, -0.15) is 15.3 Å². The van der Waals surface area contributed by atoms with Crippen molar-refractivity contribution >= 4 is 11.6 Å². The highest BCUT2D eigenvalue weighted by Gasteiger charge is 2.22. The number of aryl methyl sites for hydroxylation is 3. The van der Waals surface area contributed by atoms with E-state index >= 15 is 0 Å². The van der Waals surface area contributed by atoms with Gasteiger partial charge in [0.05, 0.1) is 16.7 Å². The van der Waals surface area contributed by atoms with Gasteiger partial charge < -0.3 is 5.32 Å². The summed E-state index contributed by atoms with van der Waals surface area (Å²) in [6.45, 7) is 9.97. The molecule has 0 aliphatic carbocycles. The zero-order valence-corrected chi connectivity index (χ0v) is 17.1. The fourth-order valence-corrected chi connectivity index (χ4v) is 3.26. The Hall–Kier alpha value is -3.50. The van der Waals surface area contributed by atoms with Gasteiger partial charge in [0.1, 0.15) is 23.8 Å². The monoisotopic (exact) mass is 400 g/mol. The van der Waals surface area contributed by atoms with Crippen molar-refractivity contribution in [3.8, 4) is 0 Å². The summed E-state index contributed by atoms with van der Waals surface area (Å²) in [4.78, 5) is 23.3. The van der Waals surface area contributed by atoms with Crippen LogP contribution in [0.1, 0.15) is 53.0 Å². The van der Waals surface area contributed by atoms with E-state index < -0.39 is 4.92 Å². The molecule has 29 heavy (non-hydrogen) atoms. The Labute approximate surface area is 167 Å². The lowest BCUT2D eigenvalue weighted by atomic mass is 10.1. The summed E-state index contributed by atoms with van der Waals surface area (Å²) < 4.78 is 4.84. The van der Waals surface area contributed by atoms with Crippen molar-refractivity contribution in [2.24, 2.45) is 0 Å². The Balaban J connectivity index is 1.71. The number of carbonyl (C=O) groups excluding carboxylic acids is 1. The molecule has 154 valence electrons. The molecule has 0 aromatic carbocycles. The number of nitro groups is 1. The van der Waals surface area contributed by atoms with Gasteiger partial charge in [0.15, 0.2) is 0 Å². The summed E-state index contributed by atoms with van der Waals surface area (Å²) >= 11 is 0. The second kappa shape index (κ2) is 7.86. The lowest BCUT2D eigenvalue weighted by molar-refractivity contribution is -0.386. The van der Waals surface area contributed by atoms with Crippen molar-refractivity contribution in [1.29, 1.82) is 0 Å². The van der Waals surface area contributed by atoms with E-state index in [2.05, 4.69) is 20.6 Å². The van der Waals surface area contributed by atoms with Crippen LogP contribution in [0.2, 0.25) is 0 Å². The molecule has 3 aromatic heterocycles. The van der Waals surface area contributed by atoms with E-state index in [9.17, 15) is 14.9 Å². The first-order chi connectivity index (χ1) is 13.7. The molecule has 3 aromatic rings. The fraction of sp³-hybridized carbons (Fsp3) is 0.444. The molecule has 1 amide bonds. The maximum absolute atomic E-state index is 12.6. The second-order valence-corrected chi connectivity index (χ2v) is 6.88. The Kier molecular flexibility index (Phi) is 5.48. The van der Waals surface area contributed by atoms with Crippen molar-refractivity contribution in [2.45, 2.75) is 53.9 Å². The lowest BCUT2D eigenvalue weighted by Crippen LogP contribution is -2.27. The number of nitrogens with zero attached hydrogens (tertiary/aromatic N) is 7. The highest BCUT2D eigenvalue weighted by molar-refractivity contribution is 5.92. The standard InChI is InChI=1S/C18H24N8O3/c1-6-23-9-15(12(3)20-23)11(2)19-18(27)16-7-8-24(22-16)10-25-14(5)17(26(28)29)13(4)21-25/h7-9,11H,6,10H2,1-5H3,(H,19,27). The van der Waals surface area contributed by atoms with Gasteiger partial charge >= 0.3 is 5.69 Å². The van der Waals surface area contributed by atoms with E-state index in [4.69, 9.17) is 0 Å². The third-order valence-corrected chi connectivity index (χ3v) is 4.80. The van der Waals surface area contributed by atoms with Crippen LogP contribution in [0, 0.1) is 30.9 Å². The van der Waals surface area contributed by atoms with Gasteiger partial charge in [-0.25, -0.2) is 4.68 Å². The van der Waals surface area contributed by atoms with Crippen molar-refractivity contribution in [3.63, 3.8) is 0 Å². The zero-order chi connectivity index (χ0) is 21.3. The minimum Gasteiger partial charge on any atom is -0.344 e. The molecule has 3 rings (SSSR count). The fourth-order valence-electron chi connectivity index (χ4n) is 3.26. The number of hydrogen-bond acceptors (Lipinski definition) is 6. The van der Waals surface area contributed by atoms with Crippen LogP contribution in [0.15, 0.2) is 18.5 Å². The average Bonchev–Trinajstić information content (AvgIpc) is 3.33. The lowest BCUT2D eigenvalue weighted by Gasteiger charge is -2.12. The summed E-state index contributed by atoms with van der Waals surface area (Å²) in [5.41, 5.74) is 2.85. The van der Waals surface area contributed by atoms with Crippen LogP contribution in [0.25, 0.3) is 0 Å². The summed E-state index contributed by atoms with van der Waals surface area (Å²) in [5, 5.41) is 26.9. The summed E-state index contributed by atoms with van der Waals surface area (Å²) in [7, 11) is 0. The van der Waals surface area contributed by atoms with Crippen LogP contribution in [0.4, 0.5) is 5.69 Å². The molecule has 11 heteroatoms. The van der Waals surface area contributed by atoms with Gasteiger partial charge in [0, 0.05) is 24.5 Å². The van der Waals surface area contributed by atoms with E-state index in [-0.39, 0.29) is 30.0 Å². The highest BCUT2D eigenvalue weighted by atomic mass is 16.6. The van der Waals surface area contributed by atoms with Crippen LogP contribution >= 0.6 is 0 Å². The molecular weight excluding hydrogens is 376 g/mol. The number of hydrogen-bond donors (Lipinski definition) is 1. The van der Waals surface area contributed by atoms with Crippen molar-refractivity contribution < 1.29 is 9.72 Å². The Bertz CT molecular complexity index is 1060. The van der Waals surface area contributed by atoms with Gasteiger partial charge in [-0.15, -0.1) is 0 Å². The molecule has 0 aliphatic heterocycles. The molecular formula is C18H24N8O3. The van der Waals surface area contributed by atoms with Gasteiger partial charge in [-0.05, 0) is 40.7 Å². The predicted molar refractivity (Wildman–Crippen MR) is 104 cm³/mol. The van der Waals surface area contributed by atoms with Crippen molar-refractivity contribution in [1.82, 2.24) is 34.7 Å². The van der Waals surface area contributed by atoms with Crippen LogP contribution in [-0.4, -0.2) is 40.2 Å². The number of carbonyl (C=O) groups is 1. The Morgan fingerprint density at radius 1 is 1.21 bits per heavy atom. The Morgan fingerprint density at radius 3 is 2.52 bits per heavy atom. The van der Waals surface area contributed by atoms with E-state index in [1.54, 1.807) is 26.1 Å². The topological polar surface area (TPSA) is 126 Å². The molecule has 0 fully saturated rings. The maximum atomic E-state index is 12.6. The van der Waals surface area contributed by atoms with Crippen LogP contribution in [-0.2, 0) is 13.2 Å². The molecule has 3 heterocycles. The highest BCUT2D eigenvalue weighted by Crippen LogP contribution is 2.21. The normalized spacial score (nSPS) is 12.2. The van der Waals surface area contributed by atoms with Gasteiger partial charge in [0.25, 0.3) is 5.91 Å². The molecule has 11 nitrogen and oxygen atoms in total. The number of aromatic nitrogens is 6. The first kappa shape index (κ1) is 20.2. The van der Waals surface area contributed by atoms with Gasteiger partial charge in [-0.1, -0.05) is 0 Å². The largest absolute Gasteiger partial charge is 0.344 e. The van der Waals surface area contributed by atoms with Crippen molar-refractivity contribution in [3.05, 3.63) is 56.9 Å². The number of amides is 1. The van der Waals surface area contributed by atoms with Crippen molar-refractivity contribution in [2.75, 3.05) is 0 Å². The smallest absolute Gasteiger partial charge is 0.312 e. The molecule has 1 N–H and O–H groups in total. The van der Waals surface area contributed by atoms with E-state index in [0.717, 1.165) is 17.8 Å². The SMILES string of the molecule is CCn1cc(C(C)NC(=O)c2ccn(Cn3nc(C)c([N+](=O)[O-])c3C)n2)c(C)n1.